The van der Waals surface area contributed by atoms with Gasteiger partial charge in [-0.15, -0.1) is 0 Å². The molecule has 21 heavy (non-hydrogen) atoms. The Labute approximate surface area is 126 Å². The minimum absolute atomic E-state index is 0.0324. The summed E-state index contributed by atoms with van der Waals surface area (Å²) in [4.78, 5) is 23.4. The summed E-state index contributed by atoms with van der Waals surface area (Å²) in [6.07, 6.45) is 7.27. The summed E-state index contributed by atoms with van der Waals surface area (Å²) in [5, 5.41) is 15.4. The van der Waals surface area contributed by atoms with Crippen molar-refractivity contribution in [3.63, 3.8) is 0 Å². The average Bonchev–Trinajstić information content (AvgIpc) is 2.87. The zero-order valence-electron chi connectivity index (χ0n) is 13.1. The van der Waals surface area contributed by atoms with E-state index in [0.29, 0.717) is 6.42 Å². The largest absolute Gasteiger partial charge is 0.481 e. The normalized spacial score (nSPS) is 31.9. The molecule has 0 aromatic rings. The van der Waals surface area contributed by atoms with Crippen LogP contribution in [0.15, 0.2) is 12.2 Å². The van der Waals surface area contributed by atoms with E-state index in [1.54, 1.807) is 0 Å². The van der Waals surface area contributed by atoms with Gasteiger partial charge in [0, 0.05) is 12.1 Å². The third-order valence-corrected chi connectivity index (χ3v) is 5.40. The number of carboxylic acid groups (broad SMARTS) is 1. The highest BCUT2D eigenvalue weighted by molar-refractivity contribution is 5.75. The number of amides is 2. The Balaban J connectivity index is 1.92. The topological polar surface area (TPSA) is 78.4 Å². The molecule has 0 heterocycles. The molecule has 0 aromatic heterocycles. The zero-order valence-corrected chi connectivity index (χ0v) is 13.1. The highest BCUT2D eigenvalue weighted by Crippen LogP contribution is 2.45. The van der Waals surface area contributed by atoms with Gasteiger partial charge in [0.15, 0.2) is 0 Å². The maximum absolute atomic E-state index is 12.1. The molecule has 1 saturated carbocycles. The molecule has 3 atom stereocenters. The minimum atomic E-state index is -0.730. The van der Waals surface area contributed by atoms with Gasteiger partial charge in [0.1, 0.15) is 0 Å². The molecule has 5 heteroatoms. The van der Waals surface area contributed by atoms with Crippen LogP contribution in [0.4, 0.5) is 4.79 Å². The molecule has 118 valence electrons. The second kappa shape index (κ2) is 6.08. The molecule has 5 nitrogen and oxygen atoms in total. The SMILES string of the molecule is CC1C(NC(=O)NC2CC=CC2)CCC(C(=O)O)C1(C)C. The van der Waals surface area contributed by atoms with Crippen LogP contribution in [0.2, 0.25) is 0 Å². The second-order valence-corrected chi connectivity index (χ2v) is 6.94. The van der Waals surface area contributed by atoms with Crippen molar-refractivity contribution < 1.29 is 14.7 Å². The van der Waals surface area contributed by atoms with E-state index in [9.17, 15) is 14.7 Å². The number of hydrogen-bond donors (Lipinski definition) is 3. The summed E-state index contributed by atoms with van der Waals surface area (Å²) in [6.45, 7) is 6.02. The van der Waals surface area contributed by atoms with Crippen molar-refractivity contribution in [1.29, 1.82) is 0 Å². The second-order valence-electron chi connectivity index (χ2n) is 6.94. The van der Waals surface area contributed by atoms with Crippen LogP contribution in [0.3, 0.4) is 0 Å². The molecule has 2 aliphatic carbocycles. The molecular weight excluding hydrogens is 268 g/mol. The lowest BCUT2D eigenvalue weighted by Crippen LogP contribution is -2.55. The molecule has 0 spiro atoms. The van der Waals surface area contributed by atoms with Gasteiger partial charge in [-0.2, -0.15) is 0 Å². The molecule has 2 amide bonds. The Bertz CT molecular complexity index is 437. The molecule has 3 N–H and O–H groups in total. The number of carbonyl (C=O) groups is 2. The van der Waals surface area contributed by atoms with Crippen LogP contribution in [-0.2, 0) is 4.79 Å². The Hall–Kier alpha value is -1.52. The predicted molar refractivity (Wildman–Crippen MR) is 80.9 cm³/mol. The van der Waals surface area contributed by atoms with Gasteiger partial charge in [-0.1, -0.05) is 32.9 Å². The minimum Gasteiger partial charge on any atom is -0.481 e. The Kier molecular flexibility index (Phi) is 4.59. The van der Waals surface area contributed by atoms with E-state index in [0.717, 1.165) is 19.3 Å². The van der Waals surface area contributed by atoms with Gasteiger partial charge in [0.2, 0.25) is 0 Å². The third kappa shape index (κ3) is 3.39. The molecule has 2 aliphatic rings. The van der Waals surface area contributed by atoms with E-state index in [4.69, 9.17) is 0 Å². The summed E-state index contributed by atoms with van der Waals surface area (Å²) in [7, 11) is 0. The number of aliphatic carboxylic acids is 1. The fraction of sp³-hybridized carbons (Fsp3) is 0.750. The van der Waals surface area contributed by atoms with Gasteiger partial charge in [0.25, 0.3) is 0 Å². The van der Waals surface area contributed by atoms with E-state index in [-0.39, 0.29) is 35.4 Å². The summed E-state index contributed by atoms with van der Waals surface area (Å²) in [5.74, 6) is -0.945. The fourth-order valence-corrected chi connectivity index (χ4v) is 3.57. The molecule has 0 saturated heterocycles. The lowest BCUT2D eigenvalue weighted by atomic mass is 9.61. The van der Waals surface area contributed by atoms with Crippen LogP contribution >= 0.6 is 0 Å². The molecule has 0 radical (unpaired) electrons. The smallest absolute Gasteiger partial charge is 0.315 e. The van der Waals surface area contributed by atoms with Gasteiger partial charge in [-0.3, -0.25) is 4.79 Å². The Morgan fingerprint density at radius 2 is 1.76 bits per heavy atom. The van der Waals surface area contributed by atoms with Crippen LogP contribution in [0.5, 0.6) is 0 Å². The number of carboxylic acids is 1. The van der Waals surface area contributed by atoms with E-state index >= 15 is 0 Å². The first-order chi connectivity index (χ1) is 9.82. The summed E-state index contributed by atoms with van der Waals surface area (Å²) >= 11 is 0. The molecule has 1 fully saturated rings. The number of rotatable bonds is 3. The Morgan fingerprint density at radius 3 is 2.33 bits per heavy atom. The van der Waals surface area contributed by atoms with Crippen molar-refractivity contribution in [2.24, 2.45) is 17.3 Å². The zero-order chi connectivity index (χ0) is 15.6. The van der Waals surface area contributed by atoms with Gasteiger partial charge in [-0.05, 0) is 37.0 Å². The van der Waals surface area contributed by atoms with Gasteiger partial charge in [-0.25, -0.2) is 4.79 Å². The van der Waals surface area contributed by atoms with E-state index < -0.39 is 5.97 Å². The van der Waals surface area contributed by atoms with Crippen molar-refractivity contribution in [2.45, 2.75) is 58.5 Å². The number of urea groups is 1. The first kappa shape index (κ1) is 15.9. The van der Waals surface area contributed by atoms with Crippen LogP contribution in [-0.4, -0.2) is 29.2 Å². The quantitative estimate of drug-likeness (QED) is 0.700. The fourth-order valence-electron chi connectivity index (χ4n) is 3.57. The van der Waals surface area contributed by atoms with Crippen LogP contribution in [0, 0.1) is 17.3 Å². The lowest BCUT2D eigenvalue weighted by Gasteiger charge is -2.46. The first-order valence-corrected chi connectivity index (χ1v) is 7.77. The predicted octanol–water partition coefficient (Wildman–Crippen LogP) is 2.53. The average molecular weight is 294 g/mol. The molecule has 3 unspecified atom stereocenters. The van der Waals surface area contributed by atoms with Gasteiger partial charge < -0.3 is 15.7 Å². The number of hydrogen-bond acceptors (Lipinski definition) is 2. The van der Waals surface area contributed by atoms with Crippen molar-refractivity contribution in [2.75, 3.05) is 0 Å². The van der Waals surface area contributed by atoms with Crippen LogP contribution < -0.4 is 10.6 Å². The van der Waals surface area contributed by atoms with Crippen LogP contribution in [0.1, 0.15) is 46.5 Å². The van der Waals surface area contributed by atoms with E-state index in [1.807, 2.05) is 20.8 Å². The van der Waals surface area contributed by atoms with E-state index in [1.165, 1.54) is 0 Å². The summed E-state index contributed by atoms with van der Waals surface area (Å²) in [5.41, 5.74) is -0.322. The van der Waals surface area contributed by atoms with Gasteiger partial charge >= 0.3 is 12.0 Å². The maximum atomic E-state index is 12.1. The van der Waals surface area contributed by atoms with Crippen molar-refractivity contribution in [3.05, 3.63) is 12.2 Å². The third-order valence-electron chi connectivity index (χ3n) is 5.40. The number of nitrogens with one attached hydrogen (secondary N) is 2. The lowest BCUT2D eigenvalue weighted by molar-refractivity contribution is -0.150. The highest BCUT2D eigenvalue weighted by Gasteiger charge is 2.46. The number of carbonyl (C=O) groups excluding carboxylic acids is 1. The standard InChI is InChI=1S/C16H26N2O3/c1-10-13(9-8-12(14(19)20)16(10,2)3)18-15(21)17-11-6-4-5-7-11/h4-5,10-13H,6-9H2,1-3H3,(H,19,20)(H2,17,18,21). The van der Waals surface area contributed by atoms with Crippen molar-refractivity contribution >= 4 is 12.0 Å². The monoisotopic (exact) mass is 294 g/mol. The molecule has 2 rings (SSSR count). The summed E-state index contributed by atoms with van der Waals surface area (Å²) in [6, 6.07) is 0.0961. The summed E-state index contributed by atoms with van der Waals surface area (Å²) < 4.78 is 0. The van der Waals surface area contributed by atoms with Gasteiger partial charge in [0.05, 0.1) is 5.92 Å². The first-order valence-electron chi connectivity index (χ1n) is 7.77. The van der Waals surface area contributed by atoms with Crippen molar-refractivity contribution in [3.8, 4) is 0 Å². The maximum Gasteiger partial charge on any atom is 0.315 e. The highest BCUT2D eigenvalue weighted by atomic mass is 16.4. The molecule has 0 bridgehead atoms. The molecule has 0 aromatic carbocycles. The van der Waals surface area contributed by atoms with E-state index in [2.05, 4.69) is 22.8 Å². The van der Waals surface area contributed by atoms with Crippen LogP contribution in [0.25, 0.3) is 0 Å². The molecule has 0 aliphatic heterocycles. The van der Waals surface area contributed by atoms with Crippen molar-refractivity contribution in [1.82, 2.24) is 10.6 Å². The molecular formula is C16H26N2O3. The Morgan fingerprint density at radius 1 is 1.14 bits per heavy atom.